The Kier molecular flexibility index (Phi) is 3.18. The Morgan fingerprint density at radius 1 is 1.44 bits per heavy atom. The molecule has 0 spiro atoms. The van der Waals surface area contributed by atoms with Crippen molar-refractivity contribution in [2.24, 2.45) is 0 Å². The molecule has 2 rings (SSSR count). The summed E-state index contributed by atoms with van der Waals surface area (Å²) in [5.74, 6) is -0.118. The van der Waals surface area contributed by atoms with E-state index >= 15 is 0 Å². The van der Waals surface area contributed by atoms with Gasteiger partial charge in [-0.2, -0.15) is 0 Å². The van der Waals surface area contributed by atoms with E-state index in [4.69, 9.17) is 10.5 Å². The lowest BCUT2D eigenvalue weighted by atomic mass is 10.1. The molecule has 1 heterocycles. The van der Waals surface area contributed by atoms with E-state index in [1.165, 1.54) is 25.4 Å². The number of benzene rings is 1. The van der Waals surface area contributed by atoms with Crippen molar-refractivity contribution in [1.82, 2.24) is 9.97 Å². The van der Waals surface area contributed by atoms with E-state index < -0.39 is 5.82 Å². The Balaban J connectivity index is 2.66. The van der Waals surface area contributed by atoms with Crippen LogP contribution in [-0.4, -0.2) is 23.4 Å². The third kappa shape index (κ3) is 2.13. The number of nitrogen functional groups attached to an aromatic ring is 1. The normalized spacial score (nSPS) is 10.1. The van der Waals surface area contributed by atoms with Gasteiger partial charge in [-0.1, -0.05) is 0 Å². The molecule has 0 amide bonds. The number of hydrogen-bond donors (Lipinski definition) is 1. The second-order valence-corrected chi connectivity index (χ2v) is 3.50. The zero-order valence-corrected chi connectivity index (χ0v) is 9.55. The van der Waals surface area contributed by atoms with E-state index in [0.29, 0.717) is 6.29 Å². The molecule has 6 heteroatoms. The highest BCUT2D eigenvalue weighted by Gasteiger charge is 2.16. The number of anilines is 1. The van der Waals surface area contributed by atoms with Gasteiger partial charge in [0.2, 0.25) is 0 Å². The first kappa shape index (κ1) is 12.0. The highest BCUT2D eigenvalue weighted by atomic mass is 19.1. The molecule has 0 unspecified atom stereocenters. The van der Waals surface area contributed by atoms with Crippen molar-refractivity contribution in [3.05, 3.63) is 35.8 Å². The van der Waals surface area contributed by atoms with Crippen molar-refractivity contribution < 1.29 is 13.9 Å². The molecule has 0 saturated heterocycles. The second-order valence-electron chi connectivity index (χ2n) is 3.50. The average Bonchev–Trinajstić information content (AvgIpc) is 2.37. The van der Waals surface area contributed by atoms with Crippen molar-refractivity contribution >= 4 is 12.1 Å². The van der Waals surface area contributed by atoms with Gasteiger partial charge in [0.25, 0.3) is 0 Å². The minimum atomic E-state index is -0.637. The topological polar surface area (TPSA) is 78.1 Å². The Morgan fingerprint density at radius 2 is 2.22 bits per heavy atom. The summed E-state index contributed by atoms with van der Waals surface area (Å²) in [5.41, 5.74) is 5.78. The lowest BCUT2D eigenvalue weighted by Gasteiger charge is -2.09. The van der Waals surface area contributed by atoms with Crippen molar-refractivity contribution in [2.75, 3.05) is 12.8 Å². The van der Waals surface area contributed by atoms with Crippen molar-refractivity contribution in [1.29, 1.82) is 0 Å². The Hall–Kier alpha value is -2.50. The van der Waals surface area contributed by atoms with Crippen molar-refractivity contribution in [3.63, 3.8) is 0 Å². The molecule has 0 saturated carbocycles. The Morgan fingerprint density at radius 3 is 2.83 bits per heavy atom. The van der Waals surface area contributed by atoms with Crippen LogP contribution in [0.1, 0.15) is 10.4 Å². The number of aromatic nitrogens is 2. The number of ether oxygens (including phenoxy) is 1. The van der Waals surface area contributed by atoms with Crippen LogP contribution in [0.4, 0.5) is 10.2 Å². The highest BCUT2D eigenvalue weighted by molar-refractivity contribution is 5.79. The van der Waals surface area contributed by atoms with Gasteiger partial charge in [-0.05, 0) is 18.2 Å². The van der Waals surface area contributed by atoms with Crippen LogP contribution in [0.25, 0.3) is 11.4 Å². The molecule has 0 fully saturated rings. The standard InChI is InChI=1S/C12H10FN3O2/c1-18-9-5-7(6-17)4-8(13)11(9)12-15-3-2-10(14)16-12/h2-6H,1H3,(H2,14,15,16). The first-order valence-corrected chi connectivity index (χ1v) is 5.07. The number of hydrogen-bond acceptors (Lipinski definition) is 5. The van der Waals surface area contributed by atoms with Gasteiger partial charge in [0.1, 0.15) is 23.7 Å². The zero-order chi connectivity index (χ0) is 13.1. The predicted molar refractivity (Wildman–Crippen MR) is 63.8 cm³/mol. The van der Waals surface area contributed by atoms with E-state index in [-0.39, 0.29) is 28.5 Å². The van der Waals surface area contributed by atoms with Crippen LogP contribution in [-0.2, 0) is 0 Å². The zero-order valence-electron chi connectivity index (χ0n) is 9.55. The number of aldehydes is 1. The maximum atomic E-state index is 13.9. The molecular weight excluding hydrogens is 237 g/mol. The summed E-state index contributed by atoms with van der Waals surface area (Å²) < 4.78 is 19.0. The summed E-state index contributed by atoms with van der Waals surface area (Å²) in [7, 11) is 1.37. The minimum Gasteiger partial charge on any atom is -0.496 e. The van der Waals surface area contributed by atoms with Crippen molar-refractivity contribution in [2.45, 2.75) is 0 Å². The summed E-state index contributed by atoms with van der Waals surface area (Å²) >= 11 is 0. The van der Waals surface area contributed by atoms with E-state index in [2.05, 4.69) is 9.97 Å². The molecule has 1 aromatic heterocycles. The monoisotopic (exact) mass is 247 g/mol. The highest BCUT2D eigenvalue weighted by Crippen LogP contribution is 2.31. The van der Waals surface area contributed by atoms with Crippen molar-refractivity contribution in [3.8, 4) is 17.1 Å². The van der Waals surface area contributed by atoms with Crippen LogP contribution in [0.15, 0.2) is 24.4 Å². The molecule has 0 aliphatic rings. The first-order chi connectivity index (χ1) is 8.65. The van der Waals surface area contributed by atoms with Gasteiger partial charge in [0.05, 0.1) is 12.7 Å². The number of methoxy groups -OCH3 is 1. The lowest BCUT2D eigenvalue weighted by molar-refractivity contribution is 0.112. The summed E-state index contributed by atoms with van der Waals surface area (Å²) in [5, 5.41) is 0. The molecule has 1 aromatic carbocycles. The van der Waals surface area contributed by atoms with Gasteiger partial charge >= 0.3 is 0 Å². The third-order valence-electron chi connectivity index (χ3n) is 2.33. The second kappa shape index (κ2) is 4.79. The van der Waals surface area contributed by atoms with Crippen LogP contribution in [0.2, 0.25) is 0 Å². The van der Waals surface area contributed by atoms with Crippen LogP contribution >= 0.6 is 0 Å². The molecule has 2 aromatic rings. The van der Waals surface area contributed by atoms with Gasteiger partial charge < -0.3 is 10.5 Å². The molecule has 92 valence electrons. The largest absolute Gasteiger partial charge is 0.496 e. The van der Waals surface area contributed by atoms with Gasteiger partial charge in [-0.15, -0.1) is 0 Å². The van der Waals surface area contributed by atoms with Gasteiger partial charge in [0.15, 0.2) is 5.82 Å². The van der Waals surface area contributed by atoms with Gasteiger partial charge in [0, 0.05) is 11.8 Å². The van der Waals surface area contributed by atoms with Gasteiger partial charge in [-0.25, -0.2) is 14.4 Å². The molecular formula is C12H10FN3O2. The number of nitrogens with zero attached hydrogens (tertiary/aromatic N) is 2. The summed E-state index contributed by atoms with van der Waals surface area (Å²) in [6, 6.07) is 4.00. The Labute approximate surface area is 102 Å². The van der Waals surface area contributed by atoms with Crippen LogP contribution in [0, 0.1) is 5.82 Å². The Bertz CT molecular complexity index is 602. The van der Waals surface area contributed by atoms with E-state index in [9.17, 15) is 9.18 Å². The third-order valence-corrected chi connectivity index (χ3v) is 2.33. The van der Waals surface area contributed by atoms with E-state index in [0.717, 1.165) is 6.07 Å². The lowest BCUT2D eigenvalue weighted by Crippen LogP contribution is -2.00. The van der Waals surface area contributed by atoms with E-state index in [1.807, 2.05) is 0 Å². The quantitative estimate of drug-likeness (QED) is 0.835. The minimum absolute atomic E-state index is 0.0791. The van der Waals surface area contributed by atoms with Crippen LogP contribution < -0.4 is 10.5 Å². The molecule has 0 bridgehead atoms. The molecule has 18 heavy (non-hydrogen) atoms. The number of carbonyl (C=O) groups excluding carboxylic acids is 1. The first-order valence-electron chi connectivity index (χ1n) is 5.07. The fourth-order valence-corrected chi connectivity index (χ4v) is 1.54. The number of halogens is 1. The maximum absolute atomic E-state index is 13.9. The summed E-state index contributed by atoms with van der Waals surface area (Å²) in [6.45, 7) is 0. The maximum Gasteiger partial charge on any atom is 0.168 e. The predicted octanol–water partition coefficient (Wildman–Crippen LogP) is 1.69. The summed E-state index contributed by atoms with van der Waals surface area (Å²) in [4.78, 5) is 18.5. The average molecular weight is 247 g/mol. The smallest absolute Gasteiger partial charge is 0.168 e. The molecule has 5 nitrogen and oxygen atoms in total. The van der Waals surface area contributed by atoms with E-state index in [1.54, 1.807) is 0 Å². The number of carbonyl (C=O) groups is 1. The molecule has 0 atom stereocenters. The molecule has 0 aliphatic carbocycles. The fraction of sp³-hybridized carbons (Fsp3) is 0.0833. The molecule has 0 aliphatic heterocycles. The number of nitrogens with two attached hydrogens (primary N) is 1. The molecule has 0 radical (unpaired) electrons. The van der Waals surface area contributed by atoms with Gasteiger partial charge in [-0.3, -0.25) is 4.79 Å². The summed E-state index contributed by atoms with van der Waals surface area (Å²) in [6.07, 6.45) is 1.96. The fourth-order valence-electron chi connectivity index (χ4n) is 1.54. The number of rotatable bonds is 3. The van der Waals surface area contributed by atoms with Crippen LogP contribution in [0.5, 0.6) is 5.75 Å². The SMILES string of the molecule is COc1cc(C=O)cc(F)c1-c1nccc(N)n1. The van der Waals surface area contributed by atoms with Crippen LogP contribution in [0.3, 0.4) is 0 Å². The molecule has 2 N–H and O–H groups in total.